The molecule has 108 valence electrons. The lowest BCUT2D eigenvalue weighted by molar-refractivity contribution is 0.329. The minimum Gasteiger partial charge on any atom is -0.494 e. The van der Waals surface area contributed by atoms with Crippen LogP contribution in [-0.2, 0) is 0 Å². The smallest absolute Gasteiger partial charge is 0.119 e. The van der Waals surface area contributed by atoms with Crippen LogP contribution in [0.2, 0.25) is 0 Å². The van der Waals surface area contributed by atoms with E-state index in [-0.39, 0.29) is 0 Å². The summed E-state index contributed by atoms with van der Waals surface area (Å²) in [6, 6.07) is 8.89. The fourth-order valence-corrected chi connectivity index (χ4v) is 2.20. The number of ether oxygens (including phenoxy) is 1. The zero-order valence-corrected chi connectivity index (χ0v) is 13.1. The molecule has 0 bridgehead atoms. The summed E-state index contributed by atoms with van der Waals surface area (Å²) >= 11 is 0. The van der Waals surface area contributed by atoms with Gasteiger partial charge in [-0.1, -0.05) is 39.8 Å². The van der Waals surface area contributed by atoms with Gasteiger partial charge in [0, 0.05) is 6.04 Å². The Morgan fingerprint density at radius 1 is 1.21 bits per heavy atom. The van der Waals surface area contributed by atoms with E-state index in [9.17, 15) is 0 Å². The molecule has 2 nitrogen and oxygen atoms in total. The van der Waals surface area contributed by atoms with Crippen LogP contribution in [0.25, 0.3) is 0 Å². The van der Waals surface area contributed by atoms with Gasteiger partial charge in [0.05, 0.1) is 6.61 Å². The first-order valence-corrected chi connectivity index (χ1v) is 7.42. The summed E-state index contributed by atoms with van der Waals surface area (Å²) in [6.45, 7) is 12.8. The number of benzene rings is 1. The van der Waals surface area contributed by atoms with Crippen molar-refractivity contribution in [2.45, 2.75) is 53.5 Å². The molecule has 1 rings (SSSR count). The molecule has 0 aromatic heterocycles. The molecule has 0 fully saturated rings. The summed E-state index contributed by atoms with van der Waals surface area (Å²) in [5, 5.41) is 3.59. The first-order chi connectivity index (χ1) is 8.96. The Morgan fingerprint density at radius 3 is 2.53 bits per heavy atom. The van der Waals surface area contributed by atoms with E-state index in [1.54, 1.807) is 0 Å². The van der Waals surface area contributed by atoms with Crippen molar-refractivity contribution in [1.29, 1.82) is 0 Å². The van der Waals surface area contributed by atoms with E-state index < -0.39 is 0 Å². The average Bonchev–Trinajstić information content (AvgIpc) is 2.34. The van der Waals surface area contributed by atoms with Gasteiger partial charge >= 0.3 is 0 Å². The molecule has 0 amide bonds. The van der Waals surface area contributed by atoms with E-state index >= 15 is 0 Å². The Labute approximate surface area is 118 Å². The van der Waals surface area contributed by atoms with Gasteiger partial charge in [0.25, 0.3) is 0 Å². The van der Waals surface area contributed by atoms with Crippen LogP contribution in [0.4, 0.5) is 0 Å². The van der Waals surface area contributed by atoms with Gasteiger partial charge in [0.1, 0.15) is 5.75 Å². The van der Waals surface area contributed by atoms with Crippen LogP contribution in [0.5, 0.6) is 5.75 Å². The molecule has 1 atom stereocenters. The quantitative estimate of drug-likeness (QED) is 0.778. The van der Waals surface area contributed by atoms with Crippen LogP contribution in [0, 0.1) is 5.41 Å². The summed E-state index contributed by atoms with van der Waals surface area (Å²) < 4.78 is 5.59. The lowest BCUT2D eigenvalue weighted by atomic mass is 9.87. The molecule has 2 heteroatoms. The lowest BCUT2D eigenvalue weighted by Gasteiger charge is -2.24. The number of hydrogen-bond acceptors (Lipinski definition) is 2. The van der Waals surface area contributed by atoms with E-state index in [1.165, 1.54) is 12.0 Å². The Morgan fingerprint density at radius 2 is 1.95 bits per heavy atom. The van der Waals surface area contributed by atoms with E-state index in [0.717, 1.165) is 25.3 Å². The van der Waals surface area contributed by atoms with Crippen LogP contribution >= 0.6 is 0 Å². The minimum atomic E-state index is 0.380. The summed E-state index contributed by atoms with van der Waals surface area (Å²) in [6.07, 6.45) is 2.37. The molecule has 0 heterocycles. The fourth-order valence-electron chi connectivity index (χ4n) is 2.20. The van der Waals surface area contributed by atoms with Crippen LogP contribution in [0.1, 0.15) is 59.1 Å². The molecular weight excluding hydrogens is 234 g/mol. The normalized spacial score (nSPS) is 13.3. The molecular formula is C17H29NO. The minimum absolute atomic E-state index is 0.380. The van der Waals surface area contributed by atoms with E-state index in [2.05, 4.69) is 51.2 Å². The Bertz CT molecular complexity index is 368. The molecule has 19 heavy (non-hydrogen) atoms. The van der Waals surface area contributed by atoms with Crippen molar-refractivity contribution in [2.24, 2.45) is 5.41 Å². The third-order valence-electron chi connectivity index (χ3n) is 3.21. The Balaban J connectivity index is 2.76. The van der Waals surface area contributed by atoms with Gasteiger partial charge in [0.2, 0.25) is 0 Å². The van der Waals surface area contributed by atoms with Crippen LogP contribution in [-0.4, -0.2) is 13.2 Å². The third-order valence-corrected chi connectivity index (χ3v) is 3.21. The summed E-state index contributed by atoms with van der Waals surface area (Å²) in [5.41, 5.74) is 1.71. The molecule has 1 N–H and O–H groups in total. The van der Waals surface area contributed by atoms with E-state index in [1.807, 2.05) is 13.0 Å². The van der Waals surface area contributed by atoms with Crippen molar-refractivity contribution in [3.05, 3.63) is 29.8 Å². The maximum absolute atomic E-state index is 5.59. The Kier molecular flexibility index (Phi) is 6.36. The molecule has 0 aliphatic rings. The molecule has 0 spiro atoms. The standard InChI is InChI=1S/C17H29NO/c1-6-18-16(11-12-17(3,4)5)14-9-8-10-15(13-14)19-7-2/h8-10,13,16,18H,6-7,11-12H2,1-5H3. The lowest BCUT2D eigenvalue weighted by Crippen LogP contribution is -2.22. The van der Waals surface area contributed by atoms with Gasteiger partial charge in [-0.2, -0.15) is 0 Å². The second kappa shape index (κ2) is 7.54. The highest BCUT2D eigenvalue weighted by Gasteiger charge is 2.16. The second-order valence-corrected chi connectivity index (χ2v) is 6.22. The van der Waals surface area contributed by atoms with Gasteiger partial charge in [-0.25, -0.2) is 0 Å². The van der Waals surface area contributed by atoms with Crippen LogP contribution < -0.4 is 10.1 Å². The van der Waals surface area contributed by atoms with Gasteiger partial charge in [-0.05, 0) is 49.4 Å². The van der Waals surface area contributed by atoms with E-state index in [0.29, 0.717) is 11.5 Å². The molecule has 0 aliphatic carbocycles. The maximum Gasteiger partial charge on any atom is 0.119 e. The van der Waals surface area contributed by atoms with Gasteiger partial charge < -0.3 is 10.1 Å². The van der Waals surface area contributed by atoms with Crippen molar-refractivity contribution < 1.29 is 4.74 Å². The second-order valence-electron chi connectivity index (χ2n) is 6.22. The maximum atomic E-state index is 5.59. The zero-order chi connectivity index (χ0) is 14.3. The van der Waals surface area contributed by atoms with Crippen molar-refractivity contribution in [3.63, 3.8) is 0 Å². The van der Waals surface area contributed by atoms with Gasteiger partial charge in [-0.3, -0.25) is 0 Å². The largest absolute Gasteiger partial charge is 0.494 e. The third kappa shape index (κ3) is 6.11. The van der Waals surface area contributed by atoms with Crippen molar-refractivity contribution in [1.82, 2.24) is 5.32 Å². The fraction of sp³-hybridized carbons (Fsp3) is 0.647. The van der Waals surface area contributed by atoms with Crippen LogP contribution in [0.15, 0.2) is 24.3 Å². The molecule has 0 aliphatic heterocycles. The molecule has 0 saturated heterocycles. The zero-order valence-electron chi connectivity index (χ0n) is 13.1. The molecule has 0 saturated carbocycles. The number of hydrogen-bond donors (Lipinski definition) is 1. The highest BCUT2D eigenvalue weighted by Crippen LogP contribution is 2.28. The van der Waals surface area contributed by atoms with Crippen molar-refractivity contribution >= 4 is 0 Å². The van der Waals surface area contributed by atoms with Gasteiger partial charge in [-0.15, -0.1) is 0 Å². The topological polar surface area (TPSA) is 21.3 Å². The monoisotopic (exact) mass is 263 g/mol. The van der Waals surface area contributed by atoms with Crippen molar-refractivity contribution in [3.8, 4) is 5.75 Å². The SMILES string of the molecule is CCNC(CCC(C)(C)C)c1cccc(OCC)c1. The van der Waals surface area contributed by atoms with Crippen molar-refractivity contribution in [2.75, 3.05) is 13.2 Å². The highest BCUT2D eigenvalue weighted by atomic mass is 16.5. The number of nitrogens with one attached hydrogen (secondary N) is 1. The predicted octanol–water partition coefficient (Wildman–Crippen LogP) is 4.56. The molecule has 1 unspecified atom stereocenters. The highest BCUT2D eigenvalue weighted by molar-refractivity contribution is 5.30. The first-order valence-electron chi connectivity index (χ1n) is 7.42. The first kappa shape index (κ1) is 16.0. The summed E-state index contributed by atoms with van der Waals surface area (Å²) in [4.78, 5) is 0. The molecule has 0 radical (unpaired) electrons. The van der Waals surface area contributed by atoms with Crippen LogP contribution in [0.3, 0.4) is 0 Å². The van der Waals surface area contributed by atoms with Gasteiger partial charge in [0.15, 0.2) is 0 Å². The Hall–Kier alpha value is -1.02. The predicted molar refractivity (Wildman–Crippen MR) is 82.7 cm³/mol. The number of rotatable bonds is 7. The van der Waals surface area contributed by atoms with E-state index in [4.69, 9.17) is 4.74 Å². The summed E-state index contributed by atoms with van der Waals surface area (Å²) in [7, 11) is 0. The summed E-state index contributed by atoms with van der Waals surface area (Å²) in [5.74, 6) is 0.971. The molecule has 1 aromatic carbocycles. The molecule has 1 aromatic rings. The average molecular weight is 263 g/mol.